The van der Waals surface area contributed by atoms with Crippen molar-refractivity contribution < 1.29 is 0 Å². The van der Waals surface area contributed by atoms with Gasteiger partial charge in [0.2, 0.25) is 0 Å². The molecule has 3 aliphatic rings. The molecular weight excluding hydrogens is 617 g/mol. The van der Waals surface area contributed by atoms with E-state index in [4.69, 9.17) is 0 Å². The summed E-state index contributed by atoms with van der Waals surface area (Å²) in [6.45, 7) is 2.29. The summed E-state index contributed by atoms with van der Waals surface area (Å²) in [6.07, 6.45) is 23.9. The minimum atomic E-state index is 0.215. The molecule has 0 saturated heterocycles. The predicted octanol–water partition coefficient (Wildman–Crippen LogP) is 12.9. The number of benzene rings is 5. The molecular formula is C49H42N2. The number of fused-ring (bicyclic) bond motifs is 3. The molecule has 1 heterocycles. The molecule has 0 fully saturated rings. The highest BCUT2D eigenvalue weighted by molar-refractivity contribution is 6.08. The molecule has 2 nitrogen and oxygen atoms in total. The highest BCUT2D eigenvalue weighted by Gasteiger charge is 2.22. The quantitative estimate of drug-likeness (QED) is 0.166. The van der Waals surface area contributed by atoms with Crippen LogP contribution in [0.15, 0.2) is 182 Å². The van der Waals surface area contributed by atoms with Crippen molar-refractivity contribution in [1.82, 2.24) is 4.57 Å². The van der Waals surface area contributed by atoms with E-state index in [1.54, 1.807) is 0 Å². The lowest BCUT2D eigenvalue weighted by Crippen LogP contribution is -2.30. The Bertz CT molecular complexity index is 2340. The van der Waals surface area contributed by atoms with Gasteiger partial charge in [-0.15, -0.1) is 0 Å². The topological polar surface area (TPSA) is 8.17 Å². The molecule has 0 radical (unpaired) electrons. The summed E-state index contributed by atoms with van der Waals surface area (Å²) in [5.74, 6) is 0.575. The van der Waals surface area contributed by atoms with Crippen LogP contribution in [0.4, 0.5) is 11.4 Å². The van der Waals surface area contributed by atoms with Crippen LogP contribution in [0.1, 0.15) is 48.9 Å². The van der Waals surface area contributed by atoms with Crippen LogP contribution in [0, 0.1) is 5.92 Å². The summed E-state index contributed by atoms with van der Waals surface area (Å²) in [7, 11) is 0. The molecule has 5 aromatic carbocycles. The van der Waals surface area contributed by atoms with Gasteiger partial charge >= 0.3 is 0 Å². The minimum Gasteiger partial charge on any atom is -0.334 e. The molecule has 51 heavy (non-hydrogen) atoms. The van der Waals surface area contributed by atoms with Gasteiger partial charge in [-0.2, -0.15) is 0 Å². The highest BCUT2D eigenvalue weighted by atomic mass is 15.2. The number of anilines is 2. The molecule has 2 heteroatoms. The number of nitrogens with zero attached hydrogens (tertiary/aromatic N) is 2. The average Bonchev–Trinajstić information content (AvgIpc) is 3.54. The zero-order valence-electron chi connectivity index (χ0n) is 29.1. The van der Waals surface area contributed by atoms with E-state index in [0.717, 1.165) is 19.3 Å². The Hall–Kier alpha value is -5.86. The zero-order chi connectivity index (χ0) is 34.1. The summed E-state index contributed by atoms with van der Waals surface area (Å²) in [5, 5.41) is 2.65. The molecule has 0 N–H and O–H groups in total. The molecule has 0 spiro atoms. The fourth-order valence-electron chi connectivity index (χ4n) is 8.21. The monoisotopic (exact) mass is 658 g/mol. The van der Waals surface area contributed by atoms with Crippen LogP contribution in [0.2, 0.25) is 0 Å². The van der Waals surface area contributed by atoms with E-state index in [2.05, 4.69) is 198 Å². The fourth-order valence-corrected chi connectivity index (χ4v) is 8.21. The van der Waals surface area contributed by atoms with Crippen molar-refractivity contribution in [3.63, 3.8) is 0 Å². The Morgan fingerprint density at radius 3 is 1.71 bits per heavy atom. The molecule has 0 saturated carbocycles. The van der Waals surface area contributed by atoms with Crippen LogP contribution in [0.5, 0.6) is 0 Å². The maximum Gasteiger partial charge on any atom is 0.0560 e. The molecule has 1 aromatic heterocycles. The fraction of sp³-hybridized carbons (Fsp3) is 0.143. The normalized spacial score (nSPS) is 19.9. The second-order valence-corrected chi connectivity index (χ2v) is 14.1. The first-order chi connectivity index (χ1) is 25.2. The molecule has 0 aliphatic heterocycles. The summed E-state index contributed by atoms with van der Waals surface area (Å²) >= 11 is 0. The van der Waals surface area contributed by atoms with Crippen LogP contribution in [0.25, 0.3) is 38.5 Å². The highest BCUT2D eigenvalue weighted by Crippen LogP contribution is 2.38. The van der Waals surface area contributed by atoms with E-state index in [1.807, 2.05) is 0 Å². The third-order valence-corrected chi connectivity index (χ3v) is 10.8. The van der Waals surface area contributed by atoms with Gasteiger partial charge in [-0.25, -0.2) is 0 Å². The van der Waals surface area contributed by atoms with Crippen LogP contribution in [0.3, 0.4) is 0 Å². The molecule has 6 aromatic rings. The Labute approximate surface area is 301 Å². The predicted molar refractivity (Wildman–Crippen MR) is 218 cm³/mol. The maximum atomic E-state index is 2.51. The molecule has 3 atom stereocenters. The van der Waals surface area contributed by atoms with Crippen LogP contribution >= 0.6 is 0 Å². The Morgan fingerprint density at radius 2 is 1.12 bits per heavy atom. The standard InChI is InChI=1S/C49H42N2/c1-35-10-9-13-41(34-35)40-24-30-44(31-25-40)50(42-26-18-37(19-27-42)36-11-3-2-4-12-36)43-28-20-38(21-29-43)39-22-32-45(33-23-39)51-48-16-7-5-14-46(48)47-15-6-8-17-49(47)51/h2-26,28-32,35,42,45H,27,33-34H2,1H3. The molecule has 248 valence electrons. The lowest BCUT2D eigenvalue weighted by molar-refractivity contribution is 0.649. The first kappa shape index (κ1) is 31.1. The van der Waals surface area contributed by atoms with Gasteiger partial charge in [0.1, 0.15) is 0 Å². The van der Waals surface area contributed by atoms with Crippen molar-refractivity contribution >= 4 is 49.9 Å². The third-order valence-electron chi connectivity index (χ3n) is 10.8. The van der Waals surface area contributed by atoms with E-state index in [9.17, 15) is 0 Å². The van der Waals surface area contributed by atoms with Crippen molar-refractivity contribution in [2.75, 3.05) is 4.90 Å². The largest absolute Gasteiger partial charge is 0.334 e. The SMILES string of the molecule is CC1C=CC=C(c2ccc(N(c3ccc(C4=CCC(n5c6ccccc6c6ccccc65)C=C4)cc3)C3C=CC(c4ccccc4)=CC3)cc2)C1. The van der Waals surface area contributed by atoms with Gasteiger partial charge in [0, 0.05) is 33.2 Å². The summed E-state index contributed by atoms with van der Waals surface area (Å²) in [5.41, 5.74) is 12.8. The Morgan fingerprint density at radius 1 is 0.549 bits per heavy atom. The Balaban J connectivity index is 0.993. The zero-order valence-corrected chi connectivity index (χ0v) is 29.1. The molecule has 9 rings (SSSR count). The van der Waals surface area contributed by atoms with Gasteiger partial charge in [0.25, 0.3) is 0 Å². The summed E-state index contributed by atoms with van der Waals surface area (Å²) < 4.78 is 2.51. The molecule has 3 aliphatic carbocycles. The van der Waals surface area contributed by atoms with Crippen molar-refractivity contribution in [3.05, 3.63) is 199 Å². The van der Waals surface area contributed by atoms with E-state index in [-0.39, 0.29) is 12.1 Å². The van der Waals surface area contributed by atoms with E-state index < -0.39 is 0 Å². The summed E-state index contributed by atoms with van der Waals surface area (Å²) in [6, 6.07) is 47.2. The van der Waals surface area contributed by atoms with Crippen molar-refractivity contribution in [2.45, 2.75) is 38.3 Å². The average molecular weight is 659 g/mol. The summed E-state index contributed by atoms with van der Waals surface area (Å²) in [4.78, 5) is 2.50. The number of hydrogen-bond acceptors (Lipinski definition) is 1. The Kier molecular flexibility index (Phi) is 8.22. The van der Waals surface area contributed by atoms with Gasteiger partial charge in [0.05, 0.1) is 12.1 Å². The van der Waals surface area contributed by atoms with Crippen molar-refractivity contribution in [1.29, 1.82) is 0 Å². The number of allylic oxidation sites excluding steroid dienone is 10. The van der Waals surface area contributed by atoms with Crippen molar-refractivity contribution in [3.8, 4) is 0 Å². The van der Waals surface area contributed by atoms with Gasteiger partial charge < -0.3 is 9.47 Å². The lowest BCUT2D eigenvalue weighted by atomic mass is 9.91. The van der Waals surface area contributed by atoms with Crippen LogP contribution in [-0.2, 0) is 0 Å². The van der Waals surface area contributed by atoms with Crippen LogP contribution in [-0.4, -0.2) is 10.6 Å². The van der Waals surface area contributed by atoms with Gasteiger partial charge in [-0.1, -0.05) is 153 Å². The second kappa shape index (κ2) is 13.5. The number of rotatable bonds is 7. The van der Waals surface area contributed by atoms with Gasteiger partial charge in [0.15, 0.2) is 0 Å². The first-order valence-corrected chi connectivity index (χ1v) is 18.4. The smallest absolute Gasteiger partial charge is 0.0560 e. The van der Waals surface area contributed by atoms with E-state index in [0.29, 0.717) is 5.92 Å². The number of para-hydroxylation sites is 2. The third kappa shape index (κ3) is 6.02. The number of aromatic nitrogens is 1. The molecule has 0 bridgehead atoms. The molecule has 3 unspecified atom stereocenters. The van der Waals surface area contributed by atoms with Gasteiger partial charge in [-0.3, -0.25) is 0 Å². The first-order valence-electron chi connectivity index (χ1n) is 18.4. The van der Waals surface area contributed by atoms with Gasteiger partial charge in [-0.05, 0) is 95.0 Å². The van der Waals surface area contributed by atoms with E-state index >= 15 is 0 Å². The maximum absolute atomic E-state index is 2.51. The van der Waals surface area contributed by atoms with Crippen molar-refractivity contribution in [2.24, 2.45) is 5.92 Å². The lowest BCUT2D eigenvalue weighted by Gasteiger charge is -2.33. The number of hydrogen-bond donors (Lipinski definition) is 0. The second-order valence-electron chi connectivity index (χ2n) is 14.1. The molecule has 0 amide bonds. The van der Waals surface area contributed by atoms with E-state index in [1.165, 1.54) is 66.6 Å². The van der Waals surface area contributed by atoms with Crippen LogP contribution < -0.4 is 4.90 Å². The minimum absolute atomic E-state index is 0.215.